The highest BCUT2D eigenvalue weighted by Crippen LogP contribution is 2.42. The molecule has 6 atom stereocenters. The van der Waals surface area contributed by atoms with Gasteiger partial charge < -0.3 is 39.9 Å². The van der Waals surface area contributed by atoms with Crippen molar-refractivity contribution in [3.8, 4) is 5.75 Å². The number of phenolic OH excluding ortho intramolecular Hbond substituents is 1. The first kappa shape index (κ1) is 35.3. The van der Waals surface area contributed by atoms with Crippen LogP contribution in [0, 0.1) is 5.92 Å². The van der Waals surface area contributed by atoms with E-state index in [0.29, 0.717) is 28.3 Å². The van der Waals surface area contributed by atoms with Crippen molar-refractivity contribution in [1.82, 2.24) is 9.80 Å². The predicted molar refractivity (Wildman–Crippen MR) is 169 cm³/mol. The number of carbonyl (C=O) groups excluding carboxylic acids is 2. The molecule has 2 saturated heterocycles. The van der Waals surface area contributed by atoms with Gasteiger partial charge in [0, 0.05) is 36.8 Å². The Kier molecular flexibility index (Phi) is 11.1. The molecule has 0 spiro atoms. The third-order valence-electron chi connectivity index (χ3n) is 8.84. The van der Waals surface area contributed by atoms with Crippen LogP contribution < -0.4 is 5.32 Å². The molecule has 10 nitrogen and oxygen atoms in total. The van der Waals surface area contributed by atoms with E-state index in [1.807, 2.05) is 43.1 Å². The highest BCUT2D eigenvalue weighted by atomic mass is 19.4. The van der Waals surface area contributed by atoms with Gasteiger partial charge in [0.2, 0.25) is 5.91 Å². The van der Waals surface area contributed by atoms with Crippen LogP contribution >= 0.6 is 0 Å². The summed E-state index contributed by atoms with van der Waals surface area (Å²) in [6.45, 7) is 2.40. The maximum absolute atomic E-state index is 13.1. The van der Waals surface area contributed by atoms with Crippen molar-refractivity contribution >= 4 is 17.5 Å². The third-order valence-corrected chi connectivity index (χ3v) is 8.84. The number of anilines is 1. The number of halogens is 3. The van der Waals surface area contributed by atoms with E-state index in [1.165, 1.54) is 12.1 Å². The third kappa shape index (κ3) is 8.34. The molecule has 2 aliphatic rings. The monoisotopic (exact) mass is 671 g/mol. The summed E-state index contributed by atoms with van der Waals surface area (Å²) < 4.78 is 52.3. The number of ether oxygens (including phenoxy) is 2. The number of likely N-dealkylation sites (N-methyl/N-ethyl adjacent to an activating group) is 1. The van der Waals surface area contributed by atoms with Gasteiger partial charge in [0.05, 0.1) is 24.9 Å². The van der Waals surface area contributed by atoms with Crippen molar-refractivity contribution < 1.29 is 47.6 Å². The second-order valence-corrected chi connectivity index (χ2v) is 12.4. The average Bonchev–Trinajstić information content (AvgIpc) is 3.55. The minimum absolute atomic E-state index is 0.0577. The first-order valence-electron chi connectivity index (χ1n) is 15.8. The molecule has 4 N–H and O–H groups in total. The Labute approximate surface area is 276 Å². The molecule has 13 heteroatoms. The largest absolute Gasteiger partial charge is 0.508 e. The van der Waals surface area contributed by atoms with Gasteiger partial charge in [-0.3, -0.25) is 9.59 Å². The van der Waals surface area contributed by atoms with Gasteiger partial charge in [-0.1, -0.05) is 55.5 Å². The number of nitrogens with one attached hydrogen (secondary N) is 1. The van der Waals surface area contributed by atoms with Crippen LogP contribution in [-0.4, -0.2) is 81.9 Å². The summed E-state index contributed by atoms with van der Waals surface area (Å²) in [6.07, 6.45) is -7.27. The number of aliphatic hydroxyl groups excluding tert-OH is 2. The fourth-order valence-electron chi connectivity index (χ4n) is 6.28. The number of phenols is 1. The minimum atomic E-state index is -5.07. The Morgan fingerprint density at radius 3 is 2.46 bits per heavy atom. The van der Waals surface area contributed by atoms with E-state index in [2.05, 4.69) is 5.32 Å². The zero-order valence-electron chi connectivity index (χ0n) is 26.6. The van der Waals surface area contributed by atoms with Crippen molar-refractivity contribution in [2.75, 3.05) is 32.0 Å². The number of benzene rings is 3. The lowest BCUT2D eigenvalue weighted by Gasteiger charge is -2.42. The summed E-state index contributed by atoms with van der Waals surface area (Å²) in [5.74, 6) is -2.85. The van der Waals surface area contributed by atoms with Crippen molar-refractivity contribution in [2.24, 2.45) is 5.92 Å². The molecular weight excluding hydrogens is 631 g/mol. The molecule has 0 unspecified atom stereocenters. The maximum atomic E-state index is 13.1. The Hall–Kier alpha value is -4.01. The lowest BCUT2D eigenvalue weighted by molar-refractivity contribution is -0.276. The van der Waals surface area contributed by atoms with Crippen LogP contribution in [-0.2, 0) is 25.7 Å². The van der Waals surface area contributed by atoms with Gasteiger partial charge in [-0.15, -0.1) is 0 Å². The summed E-state index contributed by atoms with van der Waals surface area (Å²) in [5.41, 5.74) is 3.04. The molecule has 0 aromatic heterocycles. The van der Waals surface area contributed by atoms with Crippen molar-refractivity contribution in [3.63, 3.8) is 0 Å². The molecule has 0 aliphatic carbocycles. The number of alkyl halides is 3. The molecule has 5 rings (SSSR count). The topological polar surface area (TPSA) is 132 Å². The normalized spacial score (nSPS) is 23.7. The van der Waals surface area contributed by atoms with Crippen LogP contribution in [0.15, 0.2) is 72.8 Å². The molecule has 0 radical (unpaired) electrons. The van der Waals surface area contributed by atoms with Crippen LogP contribution in [0.2, 0.25) is 0 Å². The van der Waals surface area contributed by atoms with Gasteiger partial charge in [-0.05, 0) is 60.8 Å². The van der Waals surface area contributed by atoms with Gasteiger partial charge >= 0.3 is 12.1 Å². The number of amides is 2. The summed E-state index contributed by atoms with van der Waals surface area (Å²) in [6, 6.07) is 19.2. The first-order chi connectivity index (χ1) is 22.8. The molecule has 258 valence electrons. The number of aliphatic hydroxyl groups is 2. The molecule has 2 amide bonds. The van der Waals surface area contributed by atoms with E-state index < -0.39 is 48.6 Å². The molecule has 3 aromatic carbocycles. The Bertz CT molecular complexity index is 1570. The highest BCUT2D eigenvalue weighted by Gasteiger charge is 2.47. The molecule has 2 heterocycles. The van der Waals surface area contributed by atoms with Gasteiger partial charge in [0.1, 0.15) is 11.8 Å². The average molecular weight is 672 g/mol. The summed E-state index contributed by atoms with van der Waals surface area (Å²) in [4.78, 5) is 27.5. The van der Waals surface area contributed by atoms with Crippen LogP contribution in [0.4, 0.5) is 18.9 Å². The Morgan fingerprint density at radius 1 is 1.04 bits per heavy atom. The second-order valence-electron chi connectivity index (χ2n) is 12.4. The zero-order chi connectivity index (χ0) is 34.6. The Morgan fingerprint density at radius 2 is 1.77 bits per heavy atom. The standard InChI is InChI=1S/C35H40F3N3O7/c1-21-30(19-40(2)18-29(44)24-6-4-9-27(43)17-24)47-33(48-31(21)23-13-11-22(20-42)12-14-23)25-7-3-8-26(16-25)39-32(45)28-10-5-15-41(28)34(46)35(36,37)38/h3-4,6-9,11-14,16-17,21,28-31,33,42-44H,5,10,15,18-20H2,1-2H3,(H,39,45)/t21-,28+,29-,30+,31+,33+/m1/s1. The van der Waals surface area contributed by atoms with E-state index in [-0.39, 0.29) is 44.2 Å². The summed E-state index contributed by atoms with van der Waals surface area (Å²) >= 11 is 0. The SMILES string of the molecule is C[C@@H]1[C@H](CN(C)C[C@@H](O)c2cccc(O)c2)O[C@H](c2cccc(NC(=O)[C@@H]3CCCN3C(=O)C(F)(F)F)c2)O[C@@H]1c1ccc(CO)cc1. The summed E-state index contributed by atoms with van der Waals surface area (Å²) in [7, 11) is 1.85. The van der Waals surface area contributed by atoms with Gasteiger partial charge in [0.15, 0.2) is 6.29 Å². The van der Waals surface area contributed by atoms with Gasteiger partial charge in [-0.2, -0.15) is 13.2 Å². The van der Waals surface area contributed by atoms with Crippen LogP contribution in [0.3, 0.4) is 0 Å². The number of hydrogen-bond donors (Lipinski definition) is 4. The molecule has 0 bridgehead atoms. The van der Waals surface area contributed by atoms with Crippen molar-refractivity contribution in [2.45, 2.75) is 63.2 Å². The van der Waals surface area contributed by atoms with E-state index in [4.69, 9.17) is 9.47 Å². The summed E-state index contributed by atoms with van der Waals surface area (Å²) in [5, 5.41) is 32.9. The molecule has 3 aromatic rings. The fraction of sp³-hybridized carbons (Fsp3) is 0.429. The lowest BCUT2D eigenvalue weighted by Crippen LogP contribution is -2.48. The molecule has 2 fully saturated rings. The van der Waals surface area contributed by atoms with E-state index >= 15 is 0 Å². The first-order valence-corrected chi connectivity index (χ1v) is 15.8. The van der Waals surface area contributed by atoms with Crippen molar-refractivity contribution in [1.29, 1.82) is 0 Å². The molecule has 48 heavy (non-hydrogen) atoms. The minimum Gasteiger partial charge on any atom is -0.508 e. The molecule has 0 saturated carbocycles. The smallest absolute Gasteiger partial charge is 0.471 e. The van der Waals surface area contributed by atoms with Crippen LogP contribution in [0.1, 0.15) is 60.5 Å². The number of aromatic hydroxyl groups is 1. The molecule has 2 aliphatic heterocycles. The number of nitrogens with zero attached hydrogens (tertiary/aromatic N) is 2. The van der Waals surface area contributed by atoms with Gasteiger partial charge in [-0.25, -0.2) is 0 Å². The van der Waals surface area contributed by atoms with Crippen LogP contribution in [0.25, 0.3) is 0 Å². The van der Waals surface area contributed by atoms with E-state index in [0.717, 1.165) is 11.1 Å². The number of rotatable bonds is 10. The van der Waals surface area contributed by atoms with E-state index in [9.17, 15) is 38.1 Å². The van der Waals surface area contributed by atoms with E-state index in [1.54, 1.807) is 36.4 Å². The predicted octanol–water partition coefficient (Wildman–Crippen LogP) is 4.83. The lowest BCUT2D eigenvalue weighted by atomic mass is 9.90. The fourth-order valence-corrected chi connectivity index (χ4v) is 6.28. The van der Waals surface area contributed by atoms with Crippen molar-refractivity contribution in [3.05, 3.63) is 95.1 Å². The highest BCUT2D eigenvalue weighted by molar-refractivity contribution is 5.98. The second kappa shape index (κ2) is 15.0. The zero-order valence-corrected chi connectivity index (χ0v) is 26.6. The van der Waals surface area contributed by atoms with Gasteiger partial charge in [0.25, 0.3) is 0 Å². The number of hydrogen-bond acceptors (Lipinski definition) is 8. The van der Waals surface area contributed by atoms with Crippen LogP contribution in [0.5, 0.6) is 5.75 Å². The number of carbonyl (C=O) groups is 2. The quantitative estimate of drug-likeness (QED) is 0.241. The number of likely N-dealkylation sites (tertiary alicyclic amines) is 1. The maximum Gasteiger partial charge on any atom is 0.471 e. The Balaban J connectivity index is 1.34. The molecular formula is C35H40F3N3O7.